The van der Waals surface area contributed by atoms with E-state index in [1.165, 1.54) is 12.1 Å². The third-order valence-corrected chi connectivity index (χ3v) is 3.87. The molecule has 0 fully saturated rings. The lowest BCUT2D eigenvalue weighted by Crippen LogP contribution is -2.13. The quantitative estimate of drug-likeness (QED) is 0.644. The van der Waals surface area contributed by atoms with Gasteiger partial charge in [0.05, 0.1) is 24.2 Å². The summed E-state index contributed by atoms with van der Waals surface area (Å²) in [6.45, 7) is 4.23. The van der Waals surface area contributed by atoms with Crippen LogP contribution in [0.3, 0.4) is 0 Å². The highest BCUT2D eigenvalue weighted by molar-refractivity contribution is 5.90. The molecule has 2 heterocycles. The Morgan fingerprint density at radius 1 is 1.22 bits per heavy atom. The Bertz CT molecular complexity index is 922. The Labute approximate surface area is 157 Å². The van der Waals surface area contributed by atoms with Crippen molar-refractivity contribution in [3.63, 3.8) is 0 Å². The number of halogens is 1. The number of amides is 1. The second-order valence-corrected chi connectivity index (χ2v) is 6.20. The summed E-state index contributed by atoms with van der Waals surface area (Å²) in [5, 5.41) is 7.18. The van der Waals surface area contributed by atoms with Gasteiger partial charge in [0.1, 0.15) is 11.6 Å². The molecule has 1 amide bonds. The van der Waals surface area contributed by atoms with E-state index in [0.29, 0.717) is 36.7 Å². The normalized spacial score (nSPS) is 10.6. The van der Waals surface area contributed by atoms with E-state index in [-0.39, 0.29) is 11.7 Å². The van der Waals surface area contributed by atoms with Crippen LogP contribution < -0.4 is 10.1 Å². The highest BCUT2D eigenvalue weighted by Gasteiger charge is 2.07. The van der Waals surface area contributed by atoms with E-state index in [0.717, 1.165) is 11.4 Å². The van der Waals surface area contributed by atoms with Gasteiger partial charge in [0.25, 0.3) is 0 Å². The number of ether oxygens (including phenoxy) is 1. The first-order valence-electron chi connectivity index (χ1n) is 8.69. The molecule has 140 valence electrons. The molecular formula is C20H21FN4O2. The molecule has 0 aliphatic rings. The molecule has 0 saturated carbocycles. The van der Waals surface area contributed by atoms with Gasteiger partial charge in [0.15, 0.2) is 5.82 Å². The van der Waals surface area contributed by atoms with Crippen LogP contribution in [0, 0.1) is 19.7 Å². The molecule has 2 aromatic heterocycles. The zero-order valence-corrected chi connectivity index (χ0v) is 15.3. The zero-order chi connectivity index (χ0) is 19.2. The van der Waals surface area contributed by atoms with Gasteiger partial charge >= 0.3 is 0 Å². The van der Waals surface area contributed by atoms with Crippen LogP contribution in [0.2, 0.25) is 0 Å². The van der Waals surface area contributed by atoms with E-state index in [2.05, 4.69) is 15.4 Å². The smallest absolute Gasteiger partial charge is 0.224 e. The molecule has 0 bridgehead atoms. The summed E-state index contributed by atoms with van der Waals surface area (Å²) in [6, 6.07) is 11.5. The number of carbonyl (C=O) groups excluding carboxylic acids is 1. The molecule has 27 heavy (non-hydrogen) atoms. The maximum atomic E-state index is 13.1. The summed E-state index contributed by atoms with van der Waals surface area (Å²) in [5.41, 5.74) is 2.54. The second-order valence-electron chi connectivity index (χ2n) is 6.20. The minimum absolute atomic E-state index is 0.126. The summed E-state index contributed by atoms with van der Waals surface area (Å²) >= 11 is 0. The number of anilines is 1. The van der Waals surface area contributed by atoms with Gasteiger partial charge in [0, 0.05) is 18.2 Å². The minimum Gasteiger partial charge on any atom is -0.493 e. The molecule has 3 aromatic rings. The molecule has 0 aliphatic carbocycles. The Kier molecular flexibility index (Phi) is 5.80. The van der Waals surface area contributed by atoms with Crippen molar-refractivity contribution in [2.75, 3.05) is 11.9 Å². The molecule has 7 heteroatoms. The number of benzene rings is 1. The SMILES string of the molecule is Cc1cc(C)n(-c2ccc(NC(=O)CCCOc3cccc(F)c3)cn2)n1. The predicted octanol–water partition coefficient (Wildman–Crippen LogP) is 3.82. The molecule has 0 atom stereocenters. The van der Waals surface area contributed by atoms with Crippen LogP contribution >= 0.6 is 0 Å². The van der Waals surface area contributed by atoms with E-state index in [9.17, 15) is 9.18 Å². The number of aromatic nitrogens is 3. The van der Waals surface area contributed by atoms with Crippen molar-refractivity contribution in [2.45, 2.75) is 26.7 Å². The lowest BCUT2D eigenvalue weighted by Gasteiger charge is -2.08. The second kappa shape index (κ2) is 8.44. The first kappa shape index (κ1) is 18.6. The number of rotatable bonds is 7. The maximum Gasteiger partial charge on any atom is 0.224 e. The average molecular weight is 368 g/mol. The van der Waals surface area contributed by atoms with Crippen molar-refractivity contribution < 1.29 is 13.9 Å². The van der Waals surface area contributed by atoms with Crippen molar-refractivity contribution in [1.29, 1.82) is 0 Å². The molecule has 0 saturated heterocycles. The van der Waals surface area contributed by atoms with Crippen molar-refractivity contribution >= 4 is 11.6 Å². The molecule has 1 aromatic carbocycles. The Morgan fingerprint density at radius 3 is 2.74 bits per heavy atom. The third kappa shape index (κ3) is 5.13. The van der Waals surface area contributed by atoms with Crippen molar-refractivity contribution in [3.8, 4) is 11.6 Å². The highest BCUT2D eigenvalue weighted by Crippen LogP contribution is 2.14. The van der Waals surface area contributed by atoms with Gasteiger partial charge in [0.2, 0.25) is 5.91 Å². The molecule has 6 nitrogen and oxygen atoms in total. The molecule has 0 radical (unpaired) electrons. The summed E-state index contributed by atoms with van der Waals surface area (Å²) in [4.78, 5) is 16.4. The van der Waals surface area contributed by atoms with Crippen LogP contribution in [0.15, 0.2) is 48.7 Å². The third-order valence-electron chi connectivity index (χ3n) is 3.87. The van der Waals surface area contributed by atoms with Gasteiger partial charge in [-0.25, -0.2) is 14.1 Å². The van der Waals surface area contributed by atoms with Crippen LogP contribution in [-0.4, -0.2) is 27.3 Å². The first-order valence-corrected chi connectivity index (χ1v) is 8.69. The fourth-order valence-corrected chi connectivity index (χ4v) is 2.65. The van der Waals surface area contributed by atoms with Crippen LogP contribution in [0.25, 0.3) is 5.82 Å². The van der Waals surface area contributed by atoms with Crippen LogP contribution in [-0.2, 0) is 4.79 Å². The summed E-state index contributed by atoms with van der Waals surface area (Å²) < 4.78 is 20.2. The van der Waals surface area contributed by atoms with E-state index in [4.69, 9.17) is 4.74 Å². The van der Waals surface area contributed by atoms with Gasteiger partial charge in [-0.05, 0) is 50.6 Å². The van der Waals surface area contributed by atoms with E-state index in [1.807, 2.05) is 26.0 Å². The molecule has 1 N–H and O–H groups in total. The molecule has 0 aliphatic heterocycles. The van der Waals surface area contributed by atoms with Crippen LogP contribution in [0.4, 0.5) is 10.1 Å². The van der Waals surface area contributed by atoms with Gasteiger partial charge in [-0.1, -0.05) is 6.07 Å². The highest BCUT2D eigenvalue weighted by atomic mass is 19.1. The van der Waals surface area contributed by atoms with Crippen molar-refractivity contribution in [3.05, 3.63) is 65.9 Å². The predicted molar refractivity (Wildman–Crippen MR) is 101 cm³/mol. The fraction of sp³-hybridized carbons (Fsp3) is 0.250. The van der Waals surface area contributed by atoms with Crippen LogP contribution in [0.5, 0.6) is 5.75 Å². The Morgan fingerprint density at radius 2 is 2.07 bits per heavy atom. The van der Waals surface area contributed by atoms with E-state index in [1.54, 1.807) is 29.1 Å². The Balaban J connectivity index is 1.46. The monoisotopic (exact) mass is 368 g/mol. The number of nitrogens with zero attached hydrogens (tertiary/aromatic N) is 3. The molecule has 0 unspecified atom stereocenters. The minimum atomic E-state index is -0.346. The zero-order valence-electron chi connectivity index (χ0n) is 15.3. The lowest BCUT2D eigenvalue weighted by atomic mass is 10.3. The number of aryl methyl sites for hydroxylation is 2. The lowest BCUT2D eigenvalue weighted by molar-refractivity contribution is -0.116. The van der Waals surface area contributed by atoms with Gasteiger partial charge in [-0.3, -0.25) is 4.79 Å². The van der Waals surface area contributed by atoms with Gasteiger partial charge in [-0.2, -0.15) is 5.10 Å². The summed E-state index contributed by atoms with van der Waals surface area (Å²) in [6.07, 6.45) is 2.43. The topological polar surface area (TPSA) is 69.0 Å². The number of nitrogens with one attached hydrogen (secondary N) is 1. The summed E-state index contributed by atoms with van der Waals surface area (Å²) in [5.74, 6) is 0.682. The van der Waals surface area contributed by atoms with Crippen molar-refractivity contribution in [2.24, 2.45) is 0 Å². The Hall–Kier alpha value is -3.22. The number of hydrogen-bond acceptors (Lipinski definition) is 4. The first-order chi connectivity index (χ1) is 13.0. The molecule has 0 spiro atoms. The molecular weight excluding hydrogens is 347 g/mol. The summed E-state index contributed by atoms with van der Waals surface area (Å²) in [7, 11) is 0. The largest absolute Gasteiger partial charge is 0.493 e. The number of carbonyl (C=O) groups is 1. The average Bonchev–Trinajstić information content (AvgIpc) is 2.98. The van der Waals surface area contributed by atoms with Gasteiger partial charge < -0.3 is 10.1 Å². The van der Waals surface area contributed by atoms with Crippen molar-refractivity contribution in [1.82, 2.24) is 14.8 Å². The van der Waals surface area contributed by atoms with Crippen LogP contribution in [0.1, 0.15) is 24.2 Å². The van der Waals surface area contributed by atoms with E-state index >= 15 is 0 Å². The van der Waals surface area contributed by atoms with E-state index < -0.39 is 0 Å². The standard InChI is InChI=1S/C20H21FN4O2/c1-14-11-15(2)25(24-14)19-9-8-17(13-22-19)23-20(26)7-4-10-27-18-6-3-5-16(21)12-18/h3,5-6,8-9,11-13H,4,7,10H2,1-2H3,(H,23,26). The van der Waals surface area contributed by atoms with Gasteiger partial charge in [-0.15, -0.1) is 0 Å². The molecule has 3 rings (SSSR count). The number of pyridine rings is 1. The maximum absolute atomic E-state index is 13.1. The number of hydrogen-bond donors (Lipinski definition) is 1. The fourth-order valence-electron chi connectivity index (χ4n) is 2.65.